The molecule has 0 atom stereocenters. The lowest BCUT2D eigenvalue weighted by Crippen LogP contribution is -2.35. The molecule has 2 aromatic rings. The van der Waals surface area contributed by atoms with Gasteiger partial charge in [0.25, 0.3) is 5.91 Å². The zero-order valence-electron chi connectivity index (χ0n) is 11.0. The maximum Gasteiger partial charge on any atom is 0.269 e. The van der Waals surface area contributed by atoms with Gasteiger partial charge in [-0.1, -0.05) is 35.8 Å². The summed E-state index contributed by atoms with van der Waals surface area (Å²) in [4.78, 5) is 11.9. The topological polar surface area (TPSA) is 67.1 Å². The molecular weight excluding hydrogens is 309 g/mol. The van der Waals surface area contributed by atoms with Crippen molar-refractivity contribution in [1.29, 1.82) is 0 Å². The second kappa shape index (κ2) is 6.52. The molecule has 0 radical (unpaired) electrons. The average molecular weight is 322 g/mol. The smallest absolute Gasteiger partial charge is 0.269 e. The Morgan fingerprint density at radius 1 is 0.952 bits per heavy atom. The van der Waals surface area contributed by atoms with Gasteiger partial charge in [-0.05, 0) is 36.4 Å². The lowest BCUT2D eigenvalue weighted by Gasteiger charge is -2.12. The van der Waals surface area contributed by atoms with Crippen molar-refractivity contribution in [2.24, 2.45) is 0 Å². The number of benzene rings is 2. The van der Waals surface area contributed by atoms with Gasteiger partial charge in [-0.15, -0.1) is 0 Å². The normalized spacial score (nSPS) is 10.0. The summed E-state index contributed by atoms with van der Waals surface area (Å²) < 4.78 is 0. The maximum atomic E-state index is 11.9. The minimum atomic E-state index is -0.295. The summed E-state index contributed by atoms with van der Waals surface area (Å²) in [5, 5.41) is 0.876. The number of amides is 1. The molecule has 0 aliphatic rings. The van der Waals surface area contributed by atoms with Crippen LogP contribution in [0.1, 0.15) is 15.9 Å². The van der Waals surface area contributed by atoms with Crippen LogP contribution in [-0.2, 0) is 0 Å². The predicted molar refractivity (Wildman–Crippen MR) is 87.0 cm³/mol. The number of hydrogen-bond acceptors (Lipinski definition) is 3. The number of rotatable bonds is 4. The van der Waals surface area contributed by atoms with Crippen LogP contribution < -0.4 is 16.6 Å². The first-order chi connectivity index (χ1) is 9.97. The summed E-state index contributed by atoms with van der Waals surface area (Å²) in [5.41, 5.74) is 13.1. The fraction of sp³-hybridized carbons (Fsp3) is 0. The molecular formula is C15H13Cl2N3O. The third-order valence-corrected chi connectivity index (χ3v) is 3.51. The molecule has 0 unspecified atom stereocenters. The number of halogens is 2. The molecule has 6 heteroatoms. The predicted octanol–water partition coefficient (Wildman–Crippen LogP) is 3.48. The van der Waals surface area contributed by atoms with Crippen LogP contribution >= 0.6 is 23.2 Å². The molecule has 0 fully saturated rings. The Morgan fingerprint density at radius 2 is 1.57 bits per heavy atom. The molecule has 0 saturated carbocycles. The number of carbonyl (C=O) groups excluding carboxylic acids is 1. The Kier molecular flexibility index (Phi) is 4.73. The van der Waals surface area contributed by atoms with Gasteiger partial charge in [0.1, 0.15) is 0 Å². The highest BCUT2D eigenvalue weighted by Gasteiger charge is 2.06. The number of nitrogen functional groups attached to an aromatic ring is 1. The monoisotopic (exact) mass is 321 g/mol. The van der Waals surface area contributed by atoms with Crippen molar-refractivity contribution >= 4 is 40.5 Å². The zero-order valence-corrected chi connectivity index (χ0v) is 12.5. The van der Waals surface area contributed by atoms with Crippen molar-refractivity contribution < 1.29 is 4.79 Å². The van der Waals surface area contributed by atoms with E-state index in [9.17, 15) is 4.79 Å². The Bertz CT molecular complexity index is 684. The molecule has 0 heterocycles. The van der Waals surface area contributed by atoms with Gasteiger partial charge in [0.15, 0.2) is 0 Å². The Labute approximate surface area is 132 Å². The third kappa shape index (κ3) is 3.90. The van der Waals surface area contributed by atoms with Gasteiger partial charge >= 0.3 is 0 Å². The number of hydrogen-bond donors (Lipinski definition) is 3. The number of anilines is 1. The third-order valence-electron chi connectivity index (χ3n) is 2.77. The van der Waals surface area contributed by atoms with Crippen LogP contribution in [-0.4, -0.2) is 5.91 Å². The number of nitrogens with one attached hydrogen (secondary N) is 2. The standard InChI is InChI=1S/C15H13Cl2N3O/c1-9(11-4-7-13(16)14(17)8-11)19-20-15(21)10-2-5-12(18)6-3-10/h2-8,19H,1,18H2,(H,20,21). The fourth-order valence-electron chi connectivity index (χ4n) is 1.59. The number of hydrazine groups is 1. The van der Waals surface area contributed by atoms with Crippen LogP contribution in [0.2, 0.25) is 10.0 Å². The van der Waals surface area contributed by atoms with E-state index >= 15 is 0 Å². The van der Waals surface area contributed by atoms with Gasteiger partial charge in [0.2, 0.25) is 0 Å². The molecule has 2 rings (SSSR count). The lowest BCUT2D eigenvalue weighted by molar-refractivity contribution is 0.0942. The molecule has 0 aromatic heterocycles. The SMILES string of the molecule is C=C(NNC(=O)c1ccc(N)cc1)c1ccc(Cl)c(Cl)c1. The molecule has 4 N–H and O–H groups in total. The van der Waals surface area contributed by atoms with E-state index in [-0.39, 0.29) is 5.91 Å². The number of nitrogens with two attached hydrogens (primary N) is 1. The molecule has 4 nitrogen and oxygen atoms in total. The van der Waals surface area contributed by atoms with Crippen LogP contribution in [0.4, 0.5) is 5.69 Å². The molecule has 0 aliphatic carbocycles. The summed E-state index contributed by atoms with van der Waals surface area (Å²) in [6.45, 7) is 3.83. The van der Waals surface area contributed by atoms with E-state index in [2.05, 4.69) is 17.4 Å². The average Bonchev–Trinajstić information content (AvgIpc) is 2.48. The van der Waals surface area contributed by atoms with Gasteiger partial charge in [-0.25, -0.2) is 0 Å². The molecule has 21 heavy (non-hydrogen) atoms. The van der Waals surface area contributed by atoms with Crippen LogP contribution in [0, 0.1) is 0 Å². The van der Waals surface area contributed by atoms with Crippen molar-refractivity contribution in [3.05, 3.63) is 70.2 Å². The van der Waals surface area contributed by atoms with E-state index in [1.54, 1.807) is 42.5 Å². The van der Waals surface area contributed by atoms with E-state index in [4.69, 9.17) is 28.9 Å². The van der Waals surface area contributed by atoms with Gasteiger partial charge in [0, 0.05) is 16.8 Å². The first-order valence-electron chi connectivity index (χ1n) is 6.03. The summed E-state index contributed by atoms with van der Waals surface area (Å²) >= 11 is 11.8. The molecule has 0 bridgehead atoms. The van der Waals surface area contributed by atoms with Crippen LogP contribution in [0.5, 0.6) is 0 Å². The minimum Gasteiger partial charge on any atom is -0.399 e. The molecule has 2 aromatic carbocycles. The van der Waals surface area contributed by atoms with Gasteiger partial charge in [-0.3, -0.25) is 15.6 Å². The fourth-order valence-corrected chi connectivity index (χ4v) is 1.89. The van der Waals surface area contributed by atoms with E-state index in [0.29, 0.717) is 27.0 Å². The van der Waals surface area contributed by atoms with Crippen molar-refractivity contribution in [3.8, 4) is 0 Å². The van der Waals surface area contributed by atoms with E-state index in [0.717, 1.165) is 5.56 Å². The molecule has 0 saturated heterocycles. The summed E-state index contributed by atoms with van der Waals surface area (Å²) in [6, 6.07) is 11.6. The summed E-state index contributed by atoms with van der Waals surface area (Å²) in [5.74, 6) is -0.295. The second-order valence-electron chi connectivity index (χ2n) is 4.31. The van der Waals surface area contributed by atoms with Crippen molar-refractivity contribution in [1.82, 2.24) is 10.9 Å². The zero-order chi connectivity index (χ0) is 15.4. The Hall–Kier alpha value is -2.17. The second-order valence-corrected chi connectivity index (χ2v) is 5.12. The Morgan fingerprint density at radius 3 is 2.19 bits per heavy atom. The van der Waals surface area contributed by atoms with Crippen LogP contribution in [0.3, 0.4) is 0 Å². The van der Waals surface area contributed by atoms with Crippen molar-refractivity contribution in [2.75, 3.05) is 5.73 Å². The first kappa shape index (κ1) is 15.2. The highest BCUT2D eigenvalue weighted by molar-refractivity contribution is 6.42. The van der Waals surface area contributed by atoms with E-state index < -0.39 is 0 Å². The molecule has 0 spiro atoms. The first-order valence-corrected chi connectivity index (χ1v) is 6.79. The van der Waals surface area contributed by atoms with Crippen LogP contribution in [0.25, 0.3) is 5.70 Å². The minimum absolute atomic E-state index is 0.295. The summed E-state index contributed by atoms with van der Waals surface area (Å²) in [6.07, 6.45) is 0. The molecule has 0 aliphatic heterocycles. The highest BCUT2D eigenvalue weighted by atomic mass is 35.5. The van der Waals surface area contributed by atoms with Crippen LogP contribution in [0.15, 0.2) is 49.0 Å². The highest BCUT2D eigenvalue weighted by Crippen LogP contribution is 2.24. The Balaban J connectivity index is 1.98. The largest absolute Gasteiger partial charge is 0.399 e. The molecule has 1 amide bonds. The van der Waals surface area contributed by atoms with Gasteiger partial charge in [-0.2, -0.15) is 0 Å². The number of carbonyl (C=O) groups is 1. The van der Waals surface area contributed by atoms with Gasteiger partial charge in [0.05, 0.1) is 15.7 Å². The van der Waals surface area contributed by atoms with E-state index in [1.165, 1.54) is 0 Å². The van der Waals surface area contributed by atoms with Gasteiger partial charge < -0.3 is 5.73 Å². The van der Waals surface area contributed by atoms with E-state index in [1.807, 2.05) is 0 Å². The quantitative estimate of drug-likeness (QED) is 0.596. The molecule has 108 valence electrons. The lowest BCUT2D eigenvalue weighted by atomic mass is 10.2. The summed E-state index contributed by atoms with van der Waals surface area (Å²) in [7, 11) is 0. The van der Waals surface area contributed by atoms with Crippen molar-refractivity contribution in [2.45, 2.75) is 0 Å². The van der Waals surface area contributed by atoms with Crippen molar-refractivity contribution in [3.63, 3.8) is 0 Å². The maximum absolute atomic E-state index is 11.9.